The zero-order valence-electron chi connectivity index (χ0n) is 12.6. The van der Waals surface area contributed by atoms with Crippen LogP contribution < -0.4 is 0 Å². The molecule has 1 fully saturated rings. The van der Waals surface area contributed by atoms with Gasteiger partial charge in [0.25, 0.3) is 5.79 Å². The summed E-state index contributed by atoms with van der Waals surface area (Å²) in [5.41, 5.74) is -0.123. The standard InChI is InChI=1S/C16H24O4/c1-6-8-10-16(5,7-2)11-9-12-13(17)19-15(3,4)20-14(12)18/h6-7,12H,1-2,8-11H2,3-5H3. The fourth-order valence-electron chi connectivity index (χ4n) is 2.21. The van der Waals surface area contributed by atoms with Crippen LogP contribution >= 0.6 is 0 Å². The number of allylic oxidation sites excluding steroid dienone is 2. The van der Waals surface area contributed by atoms with Gasteiger partial charge < -0.3 is 9.47 Å². The number of carbonyl (C=O) groups excluding carboxylic acids is 2. The minimum atomic E-state index is -1.16. The summed E-state index contributed by atoms with van der Waals surface area (Å²) in [5, 5.41) is 0. The second-order valence-corrected chi connectivity index (χ2v) is 6.02. The average molecular weight is 280 g/mol. The van der Waals surface area contributed by atoms with Crippen molar-refractivity contribution in [1.82, 2.24) is 0 Å². The van der Waals surface area contributed by atoms with Gasteiger partial charge in [-0.05, 0) is 31.1 Å². The molecule has 0 bridgehead atoms. The highest BCUT2D eigenvalue weighted by atomic mass is 16.7. The van der Waals surface area contributed by atoms with Crippen LogP contribution in [0.15, 0.2) is 25.3 Å². The molecule has 1 unspecified atom stereocenters. The summed E-state index contributed by atoms with van der Waals surface area (Å²) in [7, 11) is 0. The number of hydrogen-bond acceptors (Lipinski definition) is 4. The number of cyclic esters (lactones) is 2. The number of hydrogen-bond donors (Lipinski definition) is 0. The van der Waals surface area contributed by atoms with E-state index in [1.807, 2.05) is 12.2 Å². The van der Waals surface area contributed by atoms with Crippen LogP contribution in [-0.4, -0.2) is 17.7 Å². The molecule has 1 aliphatic rings. The van der Waals surface area contributed by atoms with Crippen LogP contribution in [0.3, 0.4) is 0 Å². The average Bonchev–Trinajstić information content (AvgIpc) is 2.34. The molecule has 4 heteroatoms. The van der Waals surface area contributed by atoms with Crippen molar-refractivity contribution in [3.8, 4) is 0 Å². The maximum atomic E-state index is 11.9. The van der Waals surface area contributed by atoms with Gasteiger partial charge in [-0.25, -0.2) is 0 Å². The van der Waals surface area contributed by atoms with Crippen molar-refractivity contribution >= 4 is 11.9 Å². The normalized spacial score (nSPS) is 21.6. The van der Waals surface area contributed by atoms with E-state index < -0.39 is 23.6 Å². The van der Waals surface area contributed by atoms with Crippen LogP contribution in [0.5, 0.6) is 0 Å². The van der Waals surface area contributed by atoms with Crippen molar-refractivity contribution in [3.05, 3.63) is 25.3 Å². The van der Waals surface area contributed by atoms with E-state index in [0.29, 0.717) is 12.8 Å². The van der Waals surface area contributed by atoms with Gasteiger partial charge in [0.15, 0.2) is 5.92 Å². The minimum absolute atomic E-state index is 0.123. The smallest absolute Gasteiger partial charge is 0.323 e. The summed E-state index contributed by atoms with van der Waals surface area (Å²) < 4.78 is 10.2. The summed E-state index contributed by atoms with van der Waals surface area (Å²) in [6.45, 7) is 12.7. The molecule has 20 heavy (non-hydrogen) atoms. The van der Waals surface area contributed by atoms with Crippen LogP contribution in [-0.2, 0) is 19.1 Å². The Bertz CT molecular complexity index is 391. The Balaban J connectivity index is 2.64. The summed E-state index contributed by atoms with van der Waals surface area (Å²) in [6.07, 6.45) is 6.58. The number of carbonyl (C=O) groups is 2. The zero-order chi connectivity index (χ0) is 15.4. The molecule has 0 N–H and O–H groups in total. The van der Waals surface area contributed by atoms with Crippen molar-refractivity contribution < 1.29 is 19.1 Å². The van der Waals surface area contributed by atoms with Crippen LogP contribution in [0.2, 0.25) is 0 Å². The van der Waals surface area contributed by atoms with E-state index >= 15 is 0 Å². The third kappa shape index (κ3) is 4.22. The lowest BCUT2D eigenvalue weighted by atomic mass is 9.79. The Labute approximate surface area is 120 Å². The Morgan fingerprint density at radius 3 is 2.20 bits per heavy atom. The van der Waals surface area contributed by atoms with Gasteiger partial charge >= 0.3 is 11.9 Å². The predicted molar refractivity (Wildman–Crippen MR) is 76.7 cm³/mol. The van der Waals surface area contributed by atoms with Gasteiger partial charge in [0.2, 0.25) is 0 Å². The molecule has 1 rings (SSSR count). The van der Waals surface area contributed by atoms with E-state index in [1.54, 1.807) is 13.8 Å². The van der Waals surface area contributed by atoms with E-state index in [2.05, 4.69) is 20.1 Å². The van der Waals surface area contributed by atoms with E-state index in [4.69, 9.17) is 9.47 Å². The molecule has 1 aliphatic heterocycles. The van der Waals surface area contributed by atoms with Gasteiger partial charge in [-0.3, -0.25) is 9.59 Å². The van der Waals surface area contributed by atoms with E-state index in [1.165, 1.54) is 0 Å². The molecular formula is C16H24O4. The molecule has 0 aromatic heterocycles. The molecule has 112 valence electrons. The summed E-state index contributed by atoms with van der Waals surface area (Å²) in [6, 6.07) is 0. The summed E-state index contributed by atoms with van der Waals surface area (Å²) in [5.74, 6) is -2.98. The second kappa shape index (κ2) is 6.25. The van der Waals surface area contributed by atoms with Crippen LogP contribution in [0.25, 0.3) is 0 Å². The van der Waals surface area contributed by atoms with Gasteiger partial charge in [0.05, 0.1) is 0 Å². The van der Waals surface area contributed by atoms with Gasteiger partial charge in [0, 0.05) is 13.8 Å². The molecular weight excluding hydrogens is 256 g/mol. The highest BCUT2D eigenvalue weighted by molar-refractivity contribution is 5.96. The van der Waals surface area contributed by atoms with Crippen molar-refractivity contribution in [1.29, 1.82) is 0 Å². The number of esters is 2. The van der Waals surface area contributed by atoms with E-state index in [0.717, 1.165) is 12.8 Å². The quantitative estimate of drug-likeness (QED) is 0.407. The van der Waals surface area contributed by atoms with Crippen molar-refractivity contribution in [3.63, 3.8) is 0 Å². The Hall–Kier alpha value is -1.58. The highest BCUT2D eigenvalue weighted by Crippen LogP contribution is 2.34. The lowest BCUT2D eigenvalue weighted by molar-refractivity contribution is -0.240. The Morgan fingerprint density at radius 2 is 1.75 bits per heavy atom. The molecule has 1 atom stereocenters. The minimum Gasteiger partial charge on any atom is -0.422 e. The largest absolute Gasteiger partial charge is 0.422 e. The fraction of sp³-hybridized carbons (Fsp3) is 0.625. The van der Waals surface area contributed by atoms with Crippen molar-refractivity contribution in [2.24, 2.45) is 11.3 Å². The monoisotopic (exact) mass is 280 g/mol. The number of rotatable bonds is 7. The van der Waals surface area contributed by atoms with Gasteiger partial charge in [0.1, 0.15) is 0 Å². The predicted octanol–water partition coefficient (Wildman–Crippen LogP) is 3.38. The third-order valence-corrected chi connectivity index (χ3v) is 3.68. The molecule has 0 radical (unpaired) electrons. The molecule has 0 aromatic rings. The maximum Gasteiger partial charge on any atom is 0.323 e. The summed E-state index contributed by atoms with van der Waals surface area (Å²) >= 11 is 0. The van der Waals surface area contributed by atoms with Crippen molar-refractivity contribution in [2.75, 3.05) is 0 Å². The second-order valence-electron chi connectivity index (χ2n) is 6.02. The first-order valence-corrected chi connectivity index (χ1v) is 6.93. The SMILES string of the molecule is C=CCCC(C)(C=C)CCC1C(=O)OC(C)(C)OC1=O. The molecule has 0 spiro atoms. The first-order valence-electron chi connectivity index (χ1n) is 6.93. The lowest BCUT2D eigenvalue weighted by Gasteiger charge is -2.34. The molecule has 1 saturated heterocycles. The number of ether oxygens (including phenoxy) is 2. The molecule has 0 amide bonds. The highest BCUT2D eigenvalue weighted by Gasteiger charge is 2.43. The lowest BCUT2D eigenvalue weighted by Crippen LogP contribution is -2.46. The zero-order valence-corrected chi connectivity index (χ0v) is 12.6. The van der Waals surface area contributed by atoms with Crippen LogP contribution in [0, 0.1) is 11.3 Å². The first kappa shape index (κ1) is 16.5. The van der Waals surface area contributed by atoms with E-state index in [9.17, 15) is 9.59 Å². The molecule has 0 aliphatic carbocycles. The van der Waals surface area contributed by atoms with Crippen LogP contribution in [0.1, 0.15) is 46.5 Å². The topological polar surface area (TPSA) is 52.6 Å². The Morgan fingerprint density at radius 1 is 1.20 bits per heavy atom. The van der Waals surface area contributed by atoms with Gasteiger partial charge in [-0.2, -0.15) is 0 Å². The van der Waals surface area contributed by atoms with Gasteiger partial charge in [-0.15, -0.1) is 13.2 Å². The maximum absolute atomic E-state index is 11.9. The third-order valence-electron chi connectivity index (χ3n) is 3.68. The molecule has 4 nitrogen and oxygen atoms in total. The Kier molecular flexibility index (Phi) is 5.15. The fourth-order valence-corrected chi connectivity index (χ4v) is 2.21. The van der Waals surface area contributed by atoms with E-state index in [-0.39, 0.29) is 5.41 Å². The van der Waals surface area contributed by atoms with Crippen LogP contribution in [0.4, 0.5) is 0 Å². The van der Waals surface area contributed by atoms with Crippen molar-refractivity contribution in [2.45, 2.75) is 52.2 Å². The first-order chi connectivity index (χ1) is 9.23. The summed E-state index contributed by atoms with van der Waals surface area (Å²) in [4.78, 5) is 23.7. The molecule has 0 aromatic carbocycles. The molecule has 0 saturated carbocycles. The van der Waals surface area contributed by atoms with Gasteiger partial charge in [-0.1, -0.05) is 19.1 Å². The molecule has 1 heterocycles.